The van der Waals surface area contributed by atoms with Crippen molar-refractivity contribution in [3.63, 3.8) is 0 Å². The van der Waals surface area contributed by atoms with E-state index in [1.165, 1.54) is 21.2 Å². The molecule has 0 fully saturated rings. The van der Waals surface area contributed by atoms with Gasteiger partial charge in [0.05, 0.1) is 20.6 Å². The standard InChI is InChI=1S/C14H15N2S/c1-4-11-13-10(7-8-16(11)3)5-6-12-14(13)15-9(2)17-12/h5-8H,4H2,1-3H3/q+1. The smallest absolute Gasteiger partial charge is 0.190 e. The summed E-state index contributed by atoms with van der Waals surface area (Å²) >= 11 is 1.77. The molecule has 0 atom stereocenters. The Labute approximate surface area is 105 Å². The Balaban J connectivity index is 2.58. The molecule has 0 bridgehead atoms. The molecule has 2 nitrogen and oxygen atoms in total. The third-order valence-corrected chi connectivity index (χ3v) is 4.16. The summed E-state index contributed by atoms with van der Waals surface area (Å²) in [7, 11) is 2.11. The zero-order chi connectivity index (χ0) is 12.0. The largest absolute Gasteiger partial charge is 0.241 e. The van der Waals surface area contributed by atoms with Gasteiger partial charge in [-0.3, -0.25) is 0 Å². The summed E-state index contributed by atoms with van der Waals surface area (Å²) in [5, 5.41) is 3.75. The Morgan fingerprint density at radius 3 is 2.88 bits per heavy atom. The fourth-order valence-electron chi connectivity index (χ4n) is 2.45. The van der Waals surface area contributed by atoms with Gasteiger partial charge < -0.3 is 0 Å². The molecular formula is C14H15N2S+. The van der Waals surface area contributed by atoms with Gasteiger partial charge in [0.25, 0.3) is 0 Å². The zero-order valence-electron chi connectivity index (χ0n) is 10.3. The van der Waals surface area contributed by atoms with Crippen LogP contribution in [0, 0.1) is 6.92 Å². The number of benzene rings is 1. The van der Waals surface area contributed by atoms with E-state index in [9.17, 15) is 0 Å². The quantitative estimate of drug-likeness (QED) is 0.600. The lowest BCUT2D eigenvalue weighted by Gasteiger charge is -2.03. The molecule has 0 aliphatic carbocycles. The van der Waals surface area contributed by atoms with Crippen LogP contribution in [0.5, 0.6) is 0 Å². The van der Waals surface area contributed by atoms with E-state index in [1.807, 2.05) is 0 Å². The predicted molar refractivity (Wildman–Crippen MR) is 72.4 cm³/mol. The number of hydrogen-bond donors (Lipinski definition) is 0. The van der Waals surface area contributed by atoms with Crippen LogP contribution in [0.1, 0.15) is 17.6 Å². The van der Waals surface area contributed by atoms with Crippen LogP contribution in [0.15, 0.2) is 24.4 Å². The van der Waals surface area contributed by atoms with E-state index in [2.05, 4.69) is 49.9 Å². The SMILES string of the molecule is CCc1c2c(ccc3sc(C)nc32)cc[n+]1C. The van der Waals surface area contributed by atoms with E-state index < -0.39 is 0 Å². The van der Waals surface area contributed by atoms with Crippen LogP contribution < -0.4 is 4.57 Å². The molecule has 0 saturated carbocycles. The molecule has 0 aliphatic heterocycles. The van der Waals surface area contributed by atoms with Gasteiger partial charge in [0.1, 0.15) is 7.05 Å². The molecule has 0 radical (unpaired) electrons. The van der Waals surface area contributed by atoms with Crippen LogP contribution in [0.2, 0.25) is 0 Å². The molecule has 0 spiro atoms. The van der Waals surface area contributed by atoms with E-state index in [0.717, 1.165) is 16.9 Å². The molecule has 17 heavy (non-hydrogen) atoms. The van der Waals surface area contributed by atoms with Gasteiger partial charge in [-0.1, -0.05) is 13.0 Å². The summed E-state index contributed by atoms with van der Waals surface area (Å²) in [5.41, 5.74) is 2.52. The molecule has 0 unspecified atom stereocenters. The minimum atomic E-state index is 1.03. The molecule has 0 saturated heterocycles. The van der Waals surface area contributed by atoms with Crippen LogP contribution in [-0.2, 0) is 13.5 Å². The second kappa shape index (κ2) is 3.77. The maximum absolute atomic E-state index is 4.70. The lowest BCUT2D eigenvalue weighted by Crippen LogP contribution is -2.32. The van der Waals surface area contributed by atoms with Gasteiger partial charge in [0.2, 0.25) is 0 Å². The minimum absolute atomic E-state index is 1.03. The van der Waals surface area contributed by atoms with Gasteiger partial charge in [-0.05, 0) is 18.4 Å². The monoisotopic (exact) mass is 243 g/mol. The number of nitrogens with zero attached hydrogens (tertiary/aromatic N) is 2. The predicted octanol–water partition coefficient (Wildman–Crippen LogP) is 3.14. The molecule has 2 aromatic heterocycles. The Morgan fingerprint density at radius 1 is 1.29 bits per heavy atom. The number of rotatable bonds is 1. The molecule has 0 N–H and O–H groups in total. The highest BCUT2D eigenvalue weighted by atomic mass is 32.1. The van der Waals surface area contributed by atoms with Crippen molar-refractivity contribution < 1.29 is 4.57 Å². The molecule has 3 rings (SSSR count). The molecule has 3 heteroatoms. The molecule has 86 valence electrons. The molecule has 1 aromatic carbocycles. The maximum atomic E-state index is 4.70. The van der Waals surface area contributed by atoms with Crippen LogP contribution in [0.25, 0.3) is 21.0 Å². The lowest BCUT2D eigenvalue weighted by atomic mass is 10.1. The summed E-state index contributed by atoms with van der Waals surface area (Å²) in [4.78, 5) is 4.70. The van der Waals surface area contributed by atoms with Crippen LogP contribution in [-0.4, -0.2) is 4.98 Å². The molecule has 2 heterocycles. The summed E-state index contributed by atoms with van der Waals surface area (Å²) in [5.74, 6) is 0. The topological polar surface area (TPSA) is 16.8 Å². The first-order valence-electron chi connectivity index (χ1n) is 5.88. The van der Waals surface area contributed by atoms with Crippen LogP contribution in [0.4, 0.5) is 0 Å². The van der Waals surface area contributed by atoms with Gasteiger partial charge in [0, 0.05) is 12.5 Å². The van der Waals surface area contributed by atoms with Crippen molar-refractivity contribution in [2.75, 3.05) is 0 Å². The summed E-state index contributed by atoms with van der Waals surface area (Å²) in [6, 6.07) is 6.55. The first-order valence-corrected chi connectivity index (χ1v) is 6.69. The Morgan fingerprint density at radius 2 is 2.12 bits per heavy atom. The summed E-state index contributed by atoms with van der Waals surface area (Å²) < 4.78 is 3.49. The van der Waals surface area contributed by atoms with Crippen molar-refractivity contribution in [2.24, 2.45) is 7.05 Å². The fourth-order valence-corrected chi connectivity index (χ4v) is 3.28. The molecule has 0 amide bonds. The maximum Gasteiger partial charge on any atom is 0.190 e. The summed E-state index contributed by atoms with van der Waals surface area (Å²) in [6.45, 7) is 4.28. The van der Waals surface area contributed by atoms with E-state index in [4.69, 9.17) is 4.98 Å². The van der Waals surface area contributed by atoms with Gasteiger partial charge >= 0.3 is 0 Å². The number of hydrogen-bond acceptors (Lipinski definition) is 2. The Bertz CT molecular complexity index is 713. The first-order chi connectivity index (χ1) is 8.20. The zero-order valence-corrected chi connectivity index (χ0v) is 11.1. The van der Waals surface area contributed by atoms with Crippen molar-refractivity contribution >= 4 is 32.3 Å². The highest BCUT2D eigenvalue weighted by molar-refractivity contribution is 7.18. The number of thiazole rings is 1. The lowest BCUT2D eigenvalue weighted by molar-refractivity contribution is -0.677. The third kappa shape index (κ3) is 1.53. The molecular weight excluding hydrogens is 228 g/mol. The average Bonchev–Trinajstić information content (AvgIpc) is 2.69. The first kappa shape index (κ1) is 10.7. The normalized spacial score (nSPS) is 11.5. The minimum Gasteiger partial charge on any atom is -0.241 e. The van der Waals surface area contributed by atoms with Gasteiger partial charge in [-0.2, -0.15) is 0 Å². The fraction of sp³-hybridized carbons (Fsp3) is 0.286. The number of pyridine rings is 1. The number of aromatic nitrogens is 2. The highest BCUT2D eigenvalue weighted by Crippen LogP contribution is 2.30. The van der Waals surface area contributed by atoms with Crippen LogP contribution in [0.3, 0.4) is 0 Å². The number of fused-ring (bicyclic) bond motifs is 3. The second-order valence-corrected chi connectivity index (χ2v) is 5.57. The number of aryl methyl sites for hydroxylation is 3. The summed E-state index contributed by atoms with van der Waals surface area (Å²) in [6.07, 6.45) is 3.16. The van der Waals surface area contributed by atoms with Crippen LogP contribution >= 0.6 is 11.3 Å². The van der Waals surface area contributed by atoms with E-state index >= 15 is 0 Å². The molecule has 0 aliphatic rings. The van der Waals surface area contributed by atoms with Gasteiger partial charge in [-0.15, -0.1) is 11.3 Å². The van der Waals surface area contributed by atoms with Crippen molar-refractivity contribution in [1.29, 1.82) is 0 Å². The molecule has 3 aromatic rings. The Kier molecular flexibility index (Phi) is 2.37. The van der Waals surface area contributed by atoms with E-state index in [1.54, 1.807) is 11.3 Å². The van der Waals surface area contributed by atoms with E-state index in [0.29, 0.717) is 0 Å². The third-order valence-electron chi connectivity index (χ3n) is 3.23. The highest BCUT2D eigenvalue weighted by Gasteiger charge is 2.15. The van der Waals surface area contributed by atoms with Gasteiger partial charge in [0.15, 0.2) is 11.9 Å². The average molecular weight is 243 g/mol. The van der Waals surface area contributed by atoms with Gasteiger partial charge in [-0.25, -0.2) is 9.55 Å². The van der Waals surface area contributed by atoms with E-state index in [-0.39, 0.29) is 0 Å². The van der Waals surface area contributed by atoms with Crippen molar-refractivity contribution in [2.45, 2.75) is 20.3 Å². The second-order valence-electron chi connectivity index (χ2n) is 4.34. The Hall–Kier alpha value is -1.48. The van der Waals surface area contributed by atoms with Crippen molar-refractivity contribution in [3.8, 4) is 0 Å². The van der Waals surface area contributed by atoms with Crippen molar-refractivity contribution in [3.05, 3.63) is 35.1 Å². The van der Waals surface area contributed by atoms with Crippen molar-refractivity contribution in [1.82, 2.24) is 4.98 Å².